The van der Waals surface area contributed by atoms with Gasteiger partial charge in [0, 0.05) is 33.9 Å². The molecule has 0 bridgehead atoms. The second-order valence-corrected chi connectivity index (χ2v) is 11.7. The molecule has 1 aliphatic heterocycles. The molecule has 6 rings (SSSR count). The summed E-state index contributed by atoms with van der Waals surface area (Å²) in [6.45, 7) is 0.913. The first-order valence-corrected chi connectivity index (χ1v) is 15.0. The number of hydrogen-bond acceptors (Lipinski definition) is 3. The zero-order valence-corrected chi connectivity index (χ0v) is 23.4. The van der Waals surface area contributed by atoms with Crippen LogP contribution >= 0.6 is 23.4 Å². The van der Waals surface area contributed by atoms with Gasteiger partial charge in [-0.15, -0.1) is 0 Å². The van der Waals surface area contributed by atoms with E-state index in [4.69, 9.17) is 21.3 Å². The molecule has 0 amide bonds. The van der Waals surface area contributed by atoms with E-state index in [-0.39, 0.29) is 6.04 Å². The molecule has 1 aliphatic carbocycles. The number of nitrogens with one attached hydrogen (secondary N) is 1. The van der Waals surface area contributed by atoms with E-state index in [9.17, 15) is 0 Å². The lowest BCUT2D eigenvalue weighted by Crippen LogP contribution is -2.40. The van der Waals surface area contributed by atoms with Gasteiger partial charge in [0.1, 0.15) is 5.75 Å². The average Bonchev–Trinajstić information content (AvgIpc) is 3.34. The number of aromatic nitrogens is 1. The van der Waals surface area contributed by atoms with Crippen LogP contribution in [-0.4, -0.2) is 34.7 Å². The number of halogens is 1. The molecule has 1 unspecified atom stereocenters. The van der Waals surface area contributed by atoms with E-state index in [1.54, 1.807) is 7.11 Å². The summed E-state index contributed by atoms with van der Waals surface area (Å²) in [5.41, 5.74) is 6.32. The smallest absolute Gasteiger partial charge is 0.160 e. The largest absolute Gasteiger partial charge is 0.497 e. The number of hydrogen-bond donors (Lipinski definition) is 1. The number of rotatable bonds is 5. The summed E-state index contributed by atoms with van der Waals surface area (Å²) in [7, 11) is 1.72. The summed E-state index contributed by atoms with van der Waals surface area (Å²) in [6.07, 6.45) is 7.22. The van der Waals surface area contributed by atoms with Gasteiger partial charge in [-0.25, -0.2) is 0 Å². The van der Waals surface area contributed by atoms with Crippen LogP contribution < -0.4 is 4.74 Å². The third kappa shape index (κ3) is 5.32. The van der Waals surface area contributed by atoms with Gasteiger partial charge in [-0.1, -0.05) is 85.1 Å². The van der Waals surface area contributed by atoms with Crippen molar-refractivity contribution >= 4 is 39.4 Å². The maximum absolute atomic E-state index is 6.43. The van der Waals surface area contributed by atoms with Gasteiger partial charge in [0.2, 0.25) is 0 Å². The molecule has 6 heteroatoms. The fourth-order valence-corrected chi connectivity index (χ4v) is 7.13. The molecular formula is C32H34ClN3OS. The third-order valence-electron chi connectivity index (χ3n) is 7.84. The van der Waals surface area contributed by atoms with Gasteiger partial charge < -0.3 is 14.6 Å². The zero-order chi connectivity index (χ0) is 25.9. The van der Waals surface area contributed by atoms with E-state index >= 15 is 0 Å². The summed E-state index contributed by atoms with van der Waals surface area (Å²) < 4.78 is 5.49. The van der Waals surface area contributed by atoms with Crippen LogP contribution in [0.1, 0.15) is 60.5 Å². The summed E-state index contributed by atoms with van der Waals surface area (Å²) in [4.78, 5) is 11.8. The first-order valence-electron chi connectivity index (χ1n) is 13.6. The van der Waals surface area contributed by atoms with Gasteiger partial charge in [0.25, 0.3) is 0 Å². The van der Waals surface area contributed by atoms with Crippen molar-refractivity contribution in [2.24, 2.45) is 4.99 Å². The minimum atomic E-state index is 0.0430. The second kappa shape index (κ2) is 11.5. The maximum atomic E-state index is 6.43. The highest BCUT2D eigenvalue weighted by Gasteiger charge is 2.34. The molecule has 2 aliphatic rings. The van der Waals surface area contributed by atoms with Crippen molar-refractivity contribution in [2.45, 2.75) is 56.4 Å². The average molecular weight is 544 g/mol. The minimum absolute atomic E-state index is 0.0430. The van der Waals surface area contributed by atoms with Crippen LogP contribution in [0.2, 0.25) is 5.02 Å². The number of ether oxygens (including phenoxy) is 1. The number of aromatic amines is 1. The van der Waals surface area contributed by atoms with E-state index in [0.717, 1.165) is 40.2 Å². The number of thioether (sulfide) groups is 1. The highest BCUT2D eigenvalue weighted by Crippen LogP contribution is 2.41. The second-order valence-electron chi connectivity index (χ2n) is 10.3. The Morgan fingerprint density at radius 2 is 1.82 bits per heavy atom. The molecular weight excluding hydrogens is 510 g/mol. The Morgan fingerprint density at radius 3 is 2.58 bits per heavy atom. The molecule has 4 nitrogen and oxygen atoms in total. The standard InChI is InChI=1S/C32H34ClN3OS/c1-37-26-15-12-23(13-16-26)31-30-27(28-20-24(33)14-17-29(28)35-30)18-19-36(31)32(34-25-10-6-3-7-11-25)38-21-22-8-4-2-5-9-22/h2,4-5,8-9,12-17,20,25,31,35H,3,6-7,10-11,18-19,21H2,1H3. The number of methoxy groups -OCH3 is 1. The van der Waals surface area contributed by atoms with Gasteiger partial charge in [0.15, 0.2) is 5.17 Å². The first kappa shape index (κ1) is 25.4. The molecule has 196 valence electrons. The van der Waals surface area contributed by atoms with Crippen LogP contribution in [0, 0.1) is 0 Å². The van der Waals surface area contributed by atoms with Crippen molar-refractivity contribution in [1.82, 2.24) is 9.88 Å². The molecule has 0 spiro atoms. The van der Waals surface area contributed by atoms with Crippen molar-refractivity contribution in [3.63, 3.8) is 0 Å². The molecule has 1 aromatic heterocycles. The van der Waals surface area contributed by atoms with E-state index in [1.807, 2.05) is 17.8 Å². The molecule has 3 aromatic carbocycles. The van der Waals surface area contributed by atoms with E-state index < -0.39 is 0 Å². The normalized spacial score (nSPS) is 18.5. The van der Waals surface area contributed by atoms with Crippen LogP contribution in [-0.2, 0) is 12.2 Å². The number of H-pyrrole nitrogens is 1. The Hall–Kier alpha value is -2.89. The lowest BCUT2D eigenvalue weighted by Gasteiger charge is -2.39. The number of fused-ring (bicyclic) bond motifs is 3. The first-order chi connectivity index (χ1) is 18.7. The highest BCUT2D eigenvalue weighted by atomic mass is 35.5. The van der Waals surface area contributed by atoms with Crippen LogP contribution in [0.25, 0.3) is 10.9 Å². The van der Waals surface area contributed by atoms with Crippen LogP contribution in [0.5, 0.6) is 5.75 Å². The van der Waals surface area contributed by atoms with E-state index in [1.165, 1.54) is 59.9 Å². The monoisotopic (exact) mass is 543 g/mol. The Labute approximate surface area is 234 Å². The molecule has 4 aromatic rings. The van der Waals surface area contributed by atoms with Gasteiger partial charge >= 0.3 is 0 Å². The van der Waals surface area contributed by atoms with E-state index in [0.29, 0.717) is 6.04 Å². The third-order valence-corrected chi connectivity index (χ3v) is 9.16. The Balaban J connectivity index is 1.43. The van der Waals surface area contributed by atoms with Crippen LogP contribution in [0.3, 0.4) is 0 Å². The summed E-state index contributed by atoms with van der Waals surface area (Å²) in [5, 5.41) is 3.16. The highest BCUT2D eigenvalue weighted by molar-refractivity contribution is 8.13. The zero-order valence-electron chi connectivity index (χ0n) is 21.8. The van der Waals surface area contributed by atoms with Gasteiger partial charge in [0.05, 0.1) is 19.2 Å². The molecule has 1 fully saturated rings. The van der Waals surface area contributed by atoms with Crippen molar-refractivity contribution < 1.29 is 4.74 Å². The van der Waals surface area contributed by atoms with E-state index in [2.05, 4.69) is 76.6 Å². The van der Waals surface area contributed by atoms with Crippen molar-refractivity contribution in [2.75, 3.05) is 13.7 Å². The Morgan fingerprint density at radius 1 is 1.03 bits per heavy atom. The van der Waals surface area contributed by atoms with Gasteiger partial charge in [-0.2, -0.15) is 0 Å². The van der Waals surface area contributed by atoms with Gasteiger partial charge in [-0.05, 0) is 66.3 Å². The minimum Gasteiger partial charge on any atom is -0.497 e. The molecule has 0 saturated heterocycles. The summed E-state index contributed by atoms with van der Waals surface area (Å²) >= 11 is 8.31. The van der Waals surface area contributed by atoms with Crippen LogP contribution in [0.4, 0.5) is 0 Å². The van der Waals surface area contributed by atoms with Crippen LogP contribution in [0.15, 0.2) is 77.8 Å². The maximum Gasteiger partial charge on any atom is 0.160 e. The topological polar surface area (TPSA) is 40.6 Å². The number of nitrogens with zero attached hydrogens (tertiary/aromatic N) is 2. The molecule has 1 saturated carbocycles. The predicted octanol–water partition coefficient (Wildman–Crippen LogP) is 8.40. The molecule has 0 radical (unpaired) electrons. The summed E-state index contributed by atoms with van der Waals surface area (Å²) in [5.74, 6) is 1.78. The number of aliphatic imine (C=N–C) groups is 1. The van der Waals surface area contributed by atoms with Crippen molar-refractivity contribution in [3.8, 4) is 5.75 Å². The molecule has 1 atom stereocenters. The number of amidine groups is 1. The number of benzene rings is 3. The molecule has 2 heterocycles. The predicted molar refractivity (Wildman–Crippen MR) is 161 cm³/mol. The molecule has 1 N–H and O–H groups in total. The SMILES string of the molecule is COc1ccc(C2c3[nH]c4ccc(Cl)cc4c3CCN2C(=NC2CCCCC2)SCc2ccccc2)cc1. The fraction of sp³-hybridized carbons (Fsp3) is 0.344. The summed E-state index contributed by atoms with van der Waals surface area (Å²) in [6, 6.07) is 25.9. The Bertz CT molecular complexity index is 1410. The molecule has 38 heavy (non-hydrogen) atoms. The lowest BCUT2D eigenvalue weighted by molar-refractivity contribution is 0.335. The Kier molecular flexibility index (Phi) is 7.66. The van der Waals surface area contributed by atoms with Gasteiger partial charge in [-0.3, -0.25) is 4.99 Å². The van der Waals surface area contributed by atoms with Crippen molar-refractivity contribution in [3.05, 3.63) is 100 Å². The quantitative estimate of drug-likeness (QED) is 0.203. The fourth-order valence-electron chi connectivity index (χ4n) is 5.88. The lowest BCUT2D eigenvalue weighted by atomic mass is 9.92. The van der Waals surface area contributed by atoms with Crippen molar-refractivity contribution in [1.29, 1.82) is 0 Å².